The van der Waals surface area contributed by atoms with E-state index in [0.717, 1.165) is 31.4 Å². The zero-order valence-corrected chi connectivity index (χ0v) is 20.5. The Labute approximate surface area is 205 Å². The van der Waals surface area contributed by atoms with Crippen molar-refractivity contribution < 1.29 is 13.2 Å². The second-order valence-electron chi connectivity index (χ2n) is 8.21. The van der Waals surface area contributed by atoms with Gasteiger partial charge in [0.05, 0.1) is 16.3 Å². The zero-order valence-electron chi connectivity index (χ0n) is 18.9. The molecule has 1 N–H and O–H groups in total. The van der Waals surface area contributed by atoms with E-state index in [4.69, 9.17) is 11.6 Å². The second kappa shape index (κ2) is 10.5. The van der Waals surface area contributed by atoms with Crippen molar-refractivity contribution >= 4 is 39.3 Å². The molecule has 0 saturated carbocycles. The molecule has 0 radical (unpaired) electrons. The molecule has 0 aliphatic carbocycles. The van der Waals surface area contributed by atoms with E-state index in [0.29, 0.717) is 35.2 Å². The number of aromatic nitrogens is 2. The number of carbonyl (C=O) groups excluding carboxylic acids is 1. The molecule has 0 atom stereocenters. The number of nitrogens with zero attached hydrogens (tertiary/aromatic N) is 3. The van der Waals surface area contributed by atoms with Crippen molar-refractivity contribution in [2.24, 2.45) is 0 Å². The van der Waals surface area contributed by atoms with Gasteiger partial charge in [-0.15, -0.1) is 0 Å². The van der Waals surface area contributed by atoms with Gasteiger partial charge >= 0.3 is 0 Å². The van der Waals surface area contributed by atoms with Crippen LogP contribution in [0.2, 0.25) is 5.15 Å². The van der Waals surface area contributed by atoms with Crippen LogP contribution in [0.25, 0.3) is 11.8 Å². The summed E-state index contributed by atoms with van der Waals surface area (Å²) in [7, 11) is -3.60. The highest BCUT2D eigenvalue weighted by Gasteiger charge is 2.25. The lowest BCUT2D eigenvalue weighted by Crippen LogP contribution is -2.32. The molecule has 1 aliphatic rings. The van der Waals surface area contributed by atoms with Crippen molar-refractivity contribution in [3.63, 3.8) is 0 Å². The molecule has 1 aromatic heterocycles. The highest BCUT2D eigenvalue weighted by Crippen LogP contribution is 2.25. The van der Waals surface area contributed by atoms with Gasteiger partial charge in [0, 0.05) is 30.4 Å². The number of rotatable bonds is 6. The zero-order chi connectivity index (χ0) is 24.1. The van der Waals surface area contributed by atoms with Crippen LogP contribution in [0, 0.1) is 6.92 Å². The first-order chi connectivity index (χ1) is 16.4. The molecular formula is C25H27ClN4O3S. The van der Waals surface area contributed by atoms with Crippen molar-refractivity contribution in [1.29, 1.82) is 0 Å². The fraction of sp³-hybridized carbons (Fsp3) is 0.280. The van der Waals surface area contributed by atoms with E-state index >= 15 is 0 Å². The van der Waals surface area contributed by atoms with Crippen LogP contribution in [-0.4, -0.2) is 41.5 Å². The molecule has 3 aromatic rings. The summed E-state index contributed by atoms with van der Waals surface area (Å²) < 4.78 is 29.3. The maximum absolute atomic E-state index is 13.1. The van der Waals surface area contributed by atoms with Gasteiger partial charge in [0.25, 0.3) is 0 Å². The first kappa shape index (κ1) is 24.2. The summed E-state index contributed by atoms with van der Waals surface area (Å²) in [6.45, 7) is 2.87. The number of para-hydroxylation sites is 1. The predicted octanol–water partition coefficient (Wildman–Crippen LogP) is 5.05. The molecule has 7 nitrogen and oxygen atoms in total. The number of aryl methyl sites for hydroxylation is 1. The van der Waals surface area contributed by atoms with E-state index in [1.165, 1.54) is 16.4 Å². The van der Waals surface area contributed by atoms with Gasteiger partial charge in [-0.3, -0.25) is 4.79 Å². The normalized spacial score (nSPS) is 15.4. The first-order valence-electron chi connectivity index (χ1n) is 11.3. The number of anilines is 1. The summed E-state index contributed by atoms with van der Waals surface area (Å²) in [5, 5.41) is 7.60. The van der Waals surface area contributed by atoms with E-state index in [2.05, 4.69) is 10.4 Å². The minimum Gasteiger partial charge on any atom is -0.322 e. The smallest absolute Gasteiger partial charge is 0.248 e. The Morgan fingerprint density at radius 1 is 1.03 bits per heavy atom. The molecule has 1 aliphatic heterocycles. The third kappa shape index (κ3) is 5.41. The van der Waals surface area contributed by atoms with Crippen LogP contribution in [0.3, 0.4) is 0 Å². The molecule has 0 unspecified atom stereocenters. The lowest BCUT2D eigenvalue weighted by molar-refractivity contribution is -0.111. The largest absolute Gasteiger partial charge is 0.322 e. The van der Waals surface area contributed by atoms with Crippen LogP contribution in [0.1, 0.15) is 36.9 Å². The Morgan fingerprint density at radius 2 is 1.74 bits per heavy atom. The van der Waals surface area contributed by atoms with Crippen molar-refractivity contribution in [1.82, 2.24) is 14.1 Å². The molecule has 178 valence electrons. The van der Waals surface area contributed by atoms with Crippen molar-refractivity contribution in [2.75, 3.05) is 18.4 Å². The van der Waals surface area contributed by atoms with E-state index in [1.807, 2.05) is 37.3 Å². The van der Waals surface area contributed by atoms with Gasteiger partial charge in [0.1, 0.15) is 5.15 Å². The number of nitrogens with one attached hydrogen (secondary N) is 1. The third-order valence-electron chi connectivity index (χ3n) is 5.75. The maximum Gasteiger partial charge on any atom is 0.248 e. The van der Waals surface area contributed by atoms with Crippen LogP contribution >= 0.6 is 11.6 Å². The van der Waals surface area contributed by atoms with Gasteiger partial charge in [-0.05, 0) is 56.2 Å². The maximum atomic E-state index is 13.1. The van der Waals surface area contributed by atoms with E-state index in [9.17, 15) is 13.2 Å². The number of halogens is 1. The van der Waals surface area contributed by atoms with E-state index < -0.39 is 15.9 Å². The molecule has 34 heavy (non-hydrogen) atoms. The van der Waals surface area contributed by atoms with E-state index in [1.54, 1.807) is 29.0 Å². The number of hydrogen-bond donors (Lipinski definition) is 1. The highest BCUT2D eigenvalue weighted by molar-refractivity contribution is 7.89. The minimum atomic E-state index is -3.60. The highest BCUT2D eigenvalue weighted by atomic mass is 35.5. The van der Waals surface area contributed by atoms with E-state index in [-0.39, 0.29) is 4.90 Å². The van der Waals surface area contributed by atoms with Crippen molar-refractivity contribution in [2.45, 2.75) is 37.5 Å². The Kier molecular flexibility index (Phi) is 7.50. The second-order valence-corrected chi connectivity index (χ2v) is 10.5. The SMILES string of the molecule is Cc1nn(-c2ccccc2)c(Cl)c1C=CC(=O)Nc1cccc(S(=O)(=O)N2CCCCCC2)c1. The number of amides is 1. The van der Waals surface area contributed by atoms with Crippen molar-refractivity contribution in [3.05, 3.63) is 77.1 Å². The molecule has 9 heteroatoms. The van der Waals surface area contributed by atoms with Gasteiger partial charge in [-0.25, -0.2) is 13.1 Å². The topological polar surface area (TPSA) is 84.3 Å². The Hall–Kier alpha value is -2.94. The molecule has 2 heterocycles. The van der Waals surface area contributed by atoms with Gasteiger partial charge in [-0.1, -0.05) is 48.7 Å². The van der Waals surface area contributed by atoms with Crippen LogP contribution in [0.4, 0.5) is 5.69 Å². The molecule has 1 amide bonds. The lowest BCUT2D eigenvalue weighted by atomic mass is 10.2. The summed E-state index contributed by atoms with van der Waals surface area (Å²) in [4.78, 5) is 12.7. The average molecular weight is 499 g/mol. The lowest BCUT2D eigenvalue weighted by Gasteiger charge is -2.20. The monoisotopic (exact) mass is 498 g/mol. The van der Waals surface area contributed by atoms with Gasteiger partial charge in [0.2, 0.25) is 15.9 Å². The molecule has 0 spiro atoms. The molecule has 4 rings (SSSR count). The predicted molar refractivity (Wildman–Crippen MR) is 135 cm³/mol. The summed E-state index contributed by atoms with van der Waals surface area (Å²) in [6, 6.07) is 15.8. The molecule has 1 saturated heterocycles. The molecule has 0 bridgehead atoms. The van der Waals surface area contributed by atoms with Gasteiger partial charge < -0.3 is 5.32 Å². The Morgan fingerprint density at radius 3 is 2.44 bits per heavy atom. The average Bonchev–Trinajstić information content (AvgIpc) is 3.01. The number of carbonyl (C=O) groups is 1. The fourth-order valence-corrected chi connectivity index (χ4v) is 5.85. The van der Waals surface area contributed by atoms with Gasteiger partial charge in [-0.2, -0.15) is 9.40 Å². The summed E-state index contributed by atoms with van der Waals surface area (Å²) >= 11 is 6.51. The summed E-state index contributed by atoms with van der Waals surface area (Å²) in [5.74, 6) is -0.396. The van der Waals surface area contributed by atoms with Crippen LogP contribution in [0.5, 0.6) is 0 Å². The van der Waals surface area contributed by atoms with Crippen LogP contribution in [0.15, 0.2) is 65.6 Å². The fourth-order valence-electron chi connectivity index (χ4n) is 3.95. The number of sulfonamides is 1. The standard InChI is InChI=1S/C25H27ClN4O3S/c1-19-23(25(26)30(28-19)21-11-5-4-6-12-21)14-15-24(31)27-20-10-9-13-22(18-20)34(32,33)29-16-7-2-3-8-17-29/h4-6,9-15,18H,2-3,7-8,16-17H2,1H3,(H,27,31). The molecule has 2 aromatic carbocycles. The van der Waals surface area contributed by atoms with Crippen LogP contribution < -0.4 is 5.32 Å². The number of hydrogen-bond acceptors (Lipinski definition) is 4. The summed E-state index contributed by atoms with van der Waals surface area (Å²) in [5.41, 5.74) is 2.55. The molecule has 1 fully saturated rings. The van der Waals surface area contributed by atoms with Crippen molar-refractivity contribution in [3.8, 4) is 5.69 Å². The quantitative estimate of drug-likeness (QED) is 0.482. The Bertz CT molecular complexity index is 1290. The van der Waals surface area contributed by atoms with Crippen LogP contribution in [-0.2, 0) is 14.8 Å². The minimum absolute atomic E-state index is 0.180. The Balaban J connectivity index is 1.48. The summed E-state index contributed by atoms with van der Waals surface area (Å²) in [6.07, 6.45) is 6.79. The molecular weight excluding hydrogens is 472 g/mol. The third-order valence-corrected chi connectivity index (χ3v) is 8.01. The number of benzene rings is 2. The van der Waals surface area contributed by atoms with Gasteiger partial charge in [0.15, 0.2) is 0 Å². The first-order valence-corrected chi connectivity index (χ1v) is 13.1.